The molecule has 2 aliphatic rings. The molecule has 0 amide bonds. The Morgan fingerprint density at radius 3 is 2.89 bits per heavy atom. The van der Waals surface area contributed by atoms with Crippen LogP contribution in [0.25, 0.3) is 0 Å². The predicted octanol–water partition coefficient (Wildman–Crippen LogP) is 2.71. The van der Waals surface area contributed by atoms with Crippen molar-refractivity contribution in [2.75, 3.05) is 20.3 Å². The molecule has 0 radical (unpaired) electrons. The Hall–Kier alpha value is -1.06. The molecule has 1 saturated heterocycles. The van der Waals surface area contributed by atoms with Crippen molar-refractivity contribution in [2.45, 2.75) is 43.7 Å². The van der Waals surface area contributed by atoms with E-state index in [2.05, 4.69) is 23.5 Å². The van der Waals surface area contributed by atoms with Gasteiger partial charge in [0.1, 0.15) is 5.75 Å². The van der Waals surface area contributed by atoms with Gasteiger partial charge in [-0.15, -0.1) is 0 Å². The number of benzene rings is 1. The van der Waals surface area contributed by atoms with Crippen molar-refractivity contribution in [1.29, 1.82) is 0 Å². The zero-order valence-corrected chi connectivity index (χ0v) is 11.6. The first-order valence-corrected chi connectivity index (χ1v) is 7.34. The summed E-state index contributed by atoms with van der Waals surface area (Å²) in [7, 11) is 1.75. The fourth-order valence-corrected chi connectivity index (χ4v) is 3.15. The minimum atomic E-state index is 0.449. The van der Waals surface area contributed by atoms with Gasteiger partial charge in [0.25, 0.3) is 0 Å². The molecule has 1 aromatic rings. The summed E-state index contributed by atoms with van der Waals surface area (Å²) in [6, 6.07) is 9.04. The topological polar surface area (TPSA) is 30.5 Å². The Balaban J connectivity index is 1.46. The third kappa shape index (κ3) is 2.93. The van der Waals surface area contributed by atoms with E-state index in [4.69, 9.17) is 9.47 Å². The standard InChI is InChI=1S/C16H23NO2/c1-18-16-7-3-2-6-15(16)12-9-13(10-12)17-11-14-5-4-8-19-14/h2-3,6-7,12-14,17H,4-5,8-11H2,1H3. The molecule has 1 aliphatic heterocycles. The van der Waals surface area contributed by atoms with E-state index in [1.807, 2.05) is 6.07 Å². The molecule has 0 aromatic heterocycles. The summed E-state index contributed by atoms with van der Waals surface area (Å²) < 4.78 is 11.1. The van der Waals surface area contributed by atoms with E-state index < -0.39 is 0 Å². The molecule has 1 unspecified atom stereocenters. The molecule has 1 aromatic carbocycles. The van der Waals surface area contributed by atoms with Crippen LogP contribution in [0.4, 0.5) is 0 Å². The summed E-state index contributed by atoms with van der Waals surface area (Å²) in [6.45, 7) is 1.96. The molecule has 3 heteroatoms. The maximum absolute atomic E-state index is 5.64. The van der Waals surface area contributed by atoms with Gasteiger partial charge in [0, 0.05) is 19.2 Å². The number of para-hydroxylation sites is 1. The number of ether oxygens (including phenoxy) is 2. The molecule has 1 N–H and O–H groups in total. The van der Waals surface area contributed by atoms with E-state index in [1.54, 1.807) is 7.11 Å². The Kier molecular flexibility index (Phi) is 4.04. The maximum Gasteiger partial charge on any atom is 0.122 e. The van der Waals surface area contributed by atoms with E-state index in [1.165, 1.54) is 31.2 Å². The van der Waals surface area contributed by atoms with Crippen molar-refractivity contribution in [1.82, 2.24) is 5.32 Å². The Bertz CT molecular complexity index is 409. The smallest absolute Gasteiger partial charge is 0.122 e. The first-order chi connectivity index (χ1) is 9.36. The molecule has 1 heterocycles. The van der Waals surface area contributed by atoms with Gasteiger partial charge in [-0.05, 0) is 43.2 Å². The summed E-state index contributed by atoms with van der Waals surface area (Å²) in [5.41, 5.74) is 1.36. The molecule has 0 bridgehead atoms. The van der Waals surface area contributed by atoms with Crippen LogP contribution in [0.15, 0.2) is 24.3 Å². The second-order valence-electron chi connectivity index (χ2n) is 5.65. The Labute approximate surface area is 115 Å². The largest absolute Gasteiger partial charge is 0.496 e. The quantitative estimate of drug-likeness (QED) is 0.884. The molecule has 1 saturated carbocycles. The molecule has 104 valence electrons. The van der Waals surface area contributed by atoms with Crippen LogP contribution in [0.1, 0.15) is 37.2 Å². The Morgan fingerprint density at radius 1 is 1.32 bits per heavy atom. The van der Waals surface area contributed by atoms with Crippen LogP contribution in [-0.4, -0.2) is 32.4 Å². The first kappa shape index (κ1) is 12.9. The van der Waals surface area contributed by atoms with Crippen molar-refractivity contribution in [3.8, 4) is 5.75 Å². The van der Waals surface area contributed by atoms with Gasteiger partial charge in [-0.25, -0.2) is 0 Å². The van der Waals surface area contributed by atoms with Crippen molar-refractivity contribution in [3.05, 3.63) is 29.8 Å². The minimum Gasteiger partial charge on any atom is -0.496 e. The molecular formula is C16H23NO2. The fraction of sp³-hybridized carbons (Fsp3) is 0.625. The normalized spacial score (nSPS) is 30.1. The highest BCUT2D eigenvalue weighted by atomic mass is 16.5. The zero-order chi connectivity index (χ0) is 13.1. The van der Waals surface area contributed by atoms with Crippen molar-refractivity contribution in [3.63, 3.8) is 0 Å². The highest BCUT2D eigenvalue weighted by Crippen LogP contribution is 2.40. The Morgan fingerprint density at radius 2 is 2.16 bits per heavy atom. The third-order valence-corrected chi connectivity index (χ3v) is 4.38. The van der Waals surface area contributed by atoms with Crippen molar-refractivity contribution < 1.29 is 9.47 Å². The van der Waals surface area contributed by atoms with Gasteiger partial charge in [0.2, 0.25) is 0 Å². The van der Waals surface area contributed by atoms with Crippen LogP contribution in [0.2, 0.25) is 0 Å². The number of rotatable bonds is 5. The fourth-order valence-electron chi connectivity index (χ4n) is 3.15. The van der Waals surface area contributed by atoms with Crippen molar-refractivity contribution in [2.24, 2.45) is 0 Å². The second-order valence-corrected chi connectivity index (χ2v) is 5.65. The van der Waals surface area contributed by atoms with E-state index in [9.17, 15) is 0 Å². The molecule has 0 spiro atoms. The SMILES string of the molecule is COc1ccccc1C1CC(NCC2CCCO2)C1. The number of nitrogens with one attached hydrogen (secondary N) is 1. The summed E-state index contributed by atoms with van der Waals surface area (Å²) >= 11 is 0. The monoisotopic (exact) mass is 261 g/mol. The summed E-state index contributed by atoms with van der Waals surface area (Å²) in [5.74, 6) is 1.68. The van der Waals surface area contributed by atoms with E-state index >= 15 is 0 Å². The van der Waals surface area contributed by atoms with Gasteiger partial charge in [0.15, 0.2) is 0 Å². The van der Waals surface area contributed by atoms with Crippen LogP contribution in [0.5, 0.6) is 5.75 Å². The molecular weight excluding hydrogens is 238 g/mol. The average Bonchev–Trinajstić information content (AvgIpc) is 2.90. The summed E-state index contributed by atoms with van der Waals surface area (Å²) in [4.78, 5) is 0. The molecule has 3 rings (SSSR count). The second kappa shape index (κ2) is 5.93. The molecule has 2 fully saturated rings. The van der Waals surface area contributed by atoms with Gasteiger partial charge in [-0.3, -0.25) is 0 Å². The zero-order valence-electron chi connectivity index (χ0n) is 11.6. The number of methoxy groups -OCH3 is 1. The summed E-state index contributed by atoms with van der Waals surface area (Å²) in [6.07, 6.45) is 5.32. The van der Waals surface area contributed by atoms with E-state index in [0.29, 0.717) is 18.1 Å². The van der Waals surface area contributed by atoms with Gasteiger partial charge >= 0.3 is 0 Å². The number of hydrogen-bond acceptors (Lipinski definition) is 3. The third-order valence-electron chi connectivity index (χ3n) is 4.38. The maximum atomic E-state index is 5.64. The molecule has 1 atom stereocenters. The van der Waals surface area contributed by atoms with E-state index in [0.717, 1.165) is 18.9 Å². The number of hydrogen-bond donors (Lipinski definition) is 1. The molecule has 19 heavy (non-hydrogen) atoms. The van der Waals surface area contributed by atoms with Crippen LogP contribution in [0, 0.1) is 0 Å². The lowest BCUT2D eigenvalue weighted by molar-refractivity contribution is 0.102. The first-order valence-electron chi connectivity index (χ1n) is 7.34. The highest BCUT2D eigenvalue weighted by molar-refractivity contribution is 5.37. The lowest BCUT2D eigenvalue weighted by atomic mass is 9.75. The average molecular weight is 261 g/mol. The van der Waals surface area contributed by atoms with Crippen LogP contribution in [-0.2, 0) is 4.74 Å². The van der Waals surface area contributed by atoms with Gasteiger partial charge in [-0.2, -0.15) is 0 Å². The van der Waals surface area contributed by atoms with Crippen LogP contribution in [0.3, 0.4) is 0 Å². The highest BCUT2D eigenvalue weighted by Gasteiger charge is 2.32. The lowest BCUT2D eigenvalue weighted by Crippen LogP contribution is -2.43. The lowest BCUT2D eigenvalue weighted by Gasteiger charge is -2.37. The van der Waals surface area contributed by atoms with Crippen LogP contribution >= 0.6 is 0 Å². The van der Waals surface area contributed by atoms with Crippen LogP contribution < -0.4 is 10.1 Å². The van der Waals surface area contributed by atoms with Gasteiger partial charge in [-0.1, -0.05) is 18.2 Å². The summed E-state index contributed by atoms with van der Waals surface area (Å²) in [5, 5.41) is 3.63. The molecule has 1 aliphatic carbocycles. The predicted molar refractivity (Wildman–Crippen MR) is 75.7 cm³/mol. The van der Waals surface area contributed by atoms with E-state index in [-0.39, 0.29) is 0 Å². The molecule has 3 nitrogen and oxygen atoms in total. The minimum absolute atomic E-state index is 0.449. The van der Waals surface area contributed by atoms with Crippen molar-refractivity contribution >= 4 is 0 Å². The van der Waals surface area contributed by atoms with Gasteiger partial charge < -0.3 is 14.8 Å². The van der Waals surface area contributed by atoms with Gasteiger partial charge in [0.05, 0.1) is 13.2 Å².